The molecule has 1 amide bonds. The Morgan fingerprint density at radius 2 is 2.11 bits per heavy atom. The van der Waals surface area contributed by atoms with E-state index in [0.717, 1.165) is 16.8 Å². The van der Waals surface area contributed by atoms with Crippen molar-refractivity contribution >= 4 is 44.1 Å². The maximum Gasteiger partial charge on any atom is 0.352 e. The molecule has 0 fully saturated rings. The molecule has 9 nitrogen and oxygen atoms in total. The molecule has 1 aromatic carbocycles. The quantitative estimate of drug-likeness (QED) is 0.553. The first kappa shape index (κ1) is 18.0. The lowest BCUT2D eigenvalue weighted by molar-refractivity contribution is -0.117. The number of fused-ring (bicyclic) bond motifs is 3. The minimum absolute atomic E-state index is 0.189. The molecule has 0 radical (unpaired) electrons. The van der Waals surface area contributed by atoms with Crippen LogP contribution in [0.25, 0.3) is 16.0 Å². The molecule has 0 aliphatic rings. The molecule has 0 unspecified atom stereocenters. The first-order chi connectivity index (χ1) is 13.3. The summed E-state index contributed by atoms with van der Waals surface area (Å²) in [7, 11) is 3.66. The van der Waals surface area contributed by atoms with Crippen LogP contribution in [0.4, 0.5) is 19.6 Å². The van der Waals surface area contributed by atoms with Gasteiger partial charge in [-0.3, -0.25) is 4.79 Å². The van der Waals surface area contributed by atoms with E-state index in [-0.39, 0.29) is 5.69 Å². The molecule has 0 saturated carbocycles. The van der Waals surface area contributed by atoms with Crippen molar-refractivity contribution in [3.8, 4) is 0 Å². The number of thiazole rings is 1. The molecular weight excluding hydrogens is 392 g/mol. The van der Waals surface area contributed by atoms with E-state index in [1.165, 1.54) is 22.1 Å². The summed E-state index contributed by atoms with van der Waals surface area (Å²) >= 11 is 1.31. The highest BCUT2D eigenvalue weighted by Gasteiger charge is 2.17. The van der Waals surface area contributed by atoms with Crippen molar-refractivity contribution in [1.29, 1.82) is 0 Å². The minimum atomic E-state index is -0.914. The van der Waals surface area contributed by atoms with Crippen LogP contribution in [0.15, 0.2) is 29.3 Å². The average molecular weight is 405 g/mol. The van der Waals surface area contributed by atoms with Gasteiger partial charge in [-0.2, -0.15) is 4.98 Å². The predicted molar refractivity (Wildman–Crippen MR) is 99.7 cm³/mol. The summed E-state index contributed by atoms with van der Waals surface area (Å²) in [6.45, 7) is -0.446. The molecule has 12 heteroatoms. The number of amides is 1. The predicted octanol–water partition coefficient (Wildman–Crippen LogP) is 1.48. The third kappa shape index (κ3) is 3.07. The van der Waals surface area contributed by atoms with Crippen LogP contribution in [0, 0.1) is 11.6 Å². The summed E-state index contributed by atoms with van der Waals surface area (Å²) in [5.41, 5.74) is 0.00169. The Labute approximate surface area is 159 Å². The van der Waals surface area contributed by atoms with Gasteiger partial charge in [0.15, 0.2) is 16.4 Å². The van der Waals surface area contributed by atoms with Crippen molar-refractivity contribution in [2.75, 3.05) is 24.3 Å². The Kier molecular flexibility index (Phi) is 4.26. The average Bonchev–Trinajstić information content (AvgIpc) is 3.20. The summed E-state index contributed by atoms with van der Waals surface area (Å²) in [5.74, 6) is -2.36. The largest absolute Gasteiger partial charge is 0.354 e. The molecule has 0 aliphatic heterocycles. The SMILES string of the molecule is CN(C)c1nc2ncn3c(=O)n(CC(=O)Nc4ccc(F)cc4F)nc3c2s1. The summed E-state index contributed by atoms with van der Waals surface area (Å²) < 4.78 is 29.4. The van der Waals surface area contributed by atoms with Crippen molar-refractivity contribution in [1.82, 2.24) is 24.1 Å². The lowest BCUT2D eigenvalue weighted by Gasteiger charge is -2.05. The zero-order valence-corrected chi connectivity index (χ0v) is 15.5. The van der Waals surface area contributed by atoms with E-state index in [1.54, 1.807) is 0 Å². The van der Waals surface area contributed by atoms with E-state index in [1.807, 2.05) is 19.0 Å². The van der Waals surface area contributed by atoms with Crippen LogP contribution < -0.4 is 15.9 Å². The van der Waals surface area contributed by atoms with Crippen LogP contribution in [0.5, 0.6) is 0 Å². The van der Waals surface area contributed by atoms with E-state index in [0.29, 0.717) is 27.2 Å². The zero-order valence-electron chi connectivity index (χ0n) is 14.7. The Balaban J connectivity index is 1.67. The van der Waals surface area contributed by atoms with Gasteiger partial charge in [0.25, 0.3) is 0 Å². The topological polar surface area (TPSA) is 97.4 Å². The Morgan fingerprint density at radius 3 is 2.82 bits per heavy atom. The third-order valence-corrected chi connectivity index (χ3v) is 5.06. The number of hydrogen-bond acceptors (Lipinski definition) is 7. The van der Waals surface area contributed by atoms with E-state index in [4.69, 9.17) is 0 Å². The normalized spacial score (nSPS) is 11.3. The van der Waals surface area contributed by atoms with E-state index in [9.17, 15) is 18.4 Å². The van der Waals surface area contributed by atoms with Crippen molar-refractivity contribution in [3.05, 3.63) is 46.6 Å². The number of carbonyl (C=O) groups excluding carboxylic acids is 1. The Bertz CT molecular complexity index is 1280. The summed E-state index contributed by atoms with van der Waals surface area (Å²) in [4.78, 5) is 35.0. The number of aromatic nitrogens is 5. The van der Waals surface area contributed by atoms with Crippen LogP contribution in [-0.4, -0.2) is 44.2 Å². The Morgan fingerprint density at radius 1 is 1.32 bits per heavy atom. The molecule has 0 spiro atoms. The molecule has 144 valence electrons. The smallest absolute Gasteiger partial charge is 0.352 e. The molecule has 28 heavy (non-hydrogen) atoms. The van der Waals surface area contributed by atoms with E-state index in [2.05, 4.69) is 20.4 Å². The second-order valence-electron chi connectivity index (χ2n) is 6.09. The molecule has 0 bridgehead atoms. The molecule has 4 rings (SSSR count). The summed E-state index contributed by atoms with van der Waals surface area (Å²) in [6.07, 6.45) is 1.29. The van der Waals surface area contributed by atoms with Gasteiger partial charge >= 0.3 is 5.69 Å². The monoisotopic (exact) mass is 405 g/mol. The first-order valence-corrected chi connectivity index (χ1v) is 8.82. The molecule has 4 aromatic rings. The highest BCUT2D eigenvalue weighted by Crippen LogP contribution is 2.28. The zero-order chi connectivity index (χ0) is 20.0. The number of rotatable bonds is 4. The van der Waals surface area contributed by atoms with Gasteiger partial charge in [-0.25, -0.2) is 27.6 Å². The number of halogens is 2. The van der Waals surface area contributed by atoms with Crippen molar-refractivity contribution in [3.63, 3.8) is 0 Å². The number of anilines is 2. The summed E-state index contributed by atoms with van der Waals surface area (Å²) in [5, 5.41) is 7.18. The third-order valence-electron chi connectivity index (χ3n) is 3.85. The standard InChI is InChI=1S/C16H13F2N7O2S/c1-23(2)15-21-13-12(28-15)14-22-25(16(27)24(14)7-19-13)6-11(26)20-10-4-3-8(17)5-9(10)18/h3-5,7H,6H2,1-2H3,(H,20,26). The molecule has 1 N–H and O–H groups in total. The van der Waals surface area contributed by atoms with Gasteiger partial charge in [-0.15, -0.1) is 5.10 Å². The van der Waals surface area contributed by atoms with Gasteiger partial charge < -0.3 is 10.2 Å². The van der Waals surface area contributed by atoms with Crippen LogP contribution in [-0.2, 0) is 11.3 Å². The summed E-state index contributed by atoms with van der Waals surface area (Å²) in [6, 6.07) is 2.77. The van der Waals surface area contributed by atoms with Gasteiger partial charge in [0.2, 0.25) is 5.91 Å². The van der Waals surface area contributed by atoms with Gasteiger partial charge in [-0.05, 0) is 12.1 Å². The number of nitrogens with one attached hydrogen (secondary N) is 1. The van der Waals surface area contributed by atoms with Gasteiger partial charge in [-0.1, -0.05) is 11.3 Å². The fourth-order valence-corrected chi connectivity index (χ4v) is 3.45. The lowest BCUT2D eigenvalue weighted by Crippen LogP contribution is -2.28. The molecule has 0 atom stereocenters. The van der Waals surface area contributed by atoms with Crippen LogP contribution >= 0.6 is 11.3 Å². The second kappa shape index (κ2) is 6.64. The number of benzene rings is 1. The molecular formula is C16H13F2N7O2S. The molecule has 3 heterocycles. The number of nitrogens with zero attached hydrogens (tertiary/aromatic N) is 6. The number of carbonyl (C=O) groups is 1. The van der Waals surface area contributed by atoms with Crippen LogP contribution in [0.3, 0.4) is 0 Å². The lowest BCUT2D eigenvalue weighted by atomic mass is 10.3. The highest BCUT2D eigenvalue weighted by molar-refractivity contribution is 7.22. The van der Waals surface area contributed by atoms with Gasteiger partial charge in [0.1, 0.15) is 29.2 Å². The maximum atomic E-state index is 13.7. The van der Waals surface area contributed by atoms with Crippen LogP contribution in [0.2, 0.25) is 0 Å². The fourth-order valence-electron chi connectivity index (χ4n) is 2.54. The second-order valence-corrected chi connectivity index (χ2v) is 7.07. The maximum absolute atomic E-state index is 13.7. The van der Waals surface area contributed by atoms with Crippen LogP contribution in [0.1, 0.15) is 0 Å². The Hall–Kier alpha value is -3.41. The first-order valence-electron chi connectivity index (χ1n) is 8.00. The molecule has 0 saturated heterocycles. The molecule has 0 aliphatic carbocycles. The number of hydrogen-bond donors (Lipinski definition) is 1. The van der Waals surface area contributed by atoms with Gasteiger partial charge in [0, 0.05) is 20.2 Å². The molecule has 3 aromatic heterocycles. The minimum Gasteiger partial charge on any atom is -0.354 e. The van der Waals surface area contributed by atoms with Crippen molar-refractivity contribution in [2.24, 2.45) is 0 Å². The van der Waals surface area contributed by atoms with Crippen molar-refractivity contribution < 1.29 is 13.6 Å². The van der Waals surface area contributed by atoms with E-state index < -0.39 is 29.8 Å². The van der Waals surface area contributed by atoms with E-state index >= 15 is 0 Å². The highest BCUT2D eigenvalue weighted by atomic mass is 32.1. The van der Waals surface area contributed by atoms with Crippen molar-refractivity contribution in [2.45, 2.75) is 6.54 Å². The van der Waals surface area contributed by atoms with Gasteiger partial charge in [0.05, 0.1) is 5.69 Å². The fraction of sp³-hybridized carbons (Fsp3) is 0.188.